The Morgan fingerprint density at radius 2 is 1.44 bits per heavy atom. The molecule has 0 aliphatic carbocycles. The van der Waals surface area contributed by atoms with E-state index in [0.717, 1.165) is 16.7 Å². The highest BCUT2D eigenvalue weighted by Crippen LogP contribution is 2.26. The lowest BCUT2D eigenvalue weighted by atomic mass is 9.87. The van der Waals surface area contributed by atoms with Gasteiger partial charge < -0.3 is 10.2 Å². The number of hydrogen-bond acceptors (Lipinski definition) is 2. The zero-order valence-electron chi connectivity index (χ0n) is 10.5. The summed E-state index contributed by atoms with van der Waals surface area (Å²) < 4.78 is 0. The van der Waals surface area contributed by atoms with Crippen LogP contribution in [0.15, 0.2) is 54.6 Å². The van der Waals surface area contributed by atoms with Gasteiger partial charge in [0.15, 0.2) is 0 Å². The van der Waals surface area contributed by atoms with Gasteiger partial charge in [0.05, 0.1) is 12.2 Å². The highest BCUT2D eigenvalue weighted by Gasteiger charge is 2.24. The minimum Gasteiger partial charge on any atom is -0.392 e. The fourth-order valence-corrected chi connectivity index (χ4v) is 2.15. The van der Waals surface area contributed by atoms with E-state index in [4.69, 9.17) is 0 Å². The van der Waals surface area contributed by atoms with E-state index >= 15 is 0 Å². The second-order valence-corrected chi connectivity index (χ2v) is 4.74. The Balaban J connectivity index is 2.28. The quantitative estimate of drug-likeness (QED) is 0.865. The second-order valence-electron chi connectivity index (χ2n) is 4.74. The predicted octanol–water partition coefficient (Wildman–Crippen LogP) is 2.63. The molecule has 0 aromatic heterocycles. The summed E-state index contributed by atoms with van der Waals surface area (Å²) >= 11 is 0. The minimum absolute atomic E-state index is 0.00103. The molecule has 0 heterocycles. The number of hydrogen-bond donors (Lipinski definition) is 2. The summed E-state index contributed by atoms with van der Waals surface area (Å²) in [5.41, 5.74) is 1.81. The highest BCUT2D eigenvalue weighted by molar-refractivity contribution is 5.31. The lowest BCUT2D eigenvalue weighted by Crippen LogP contribution is -2.24. The van der Waals surface area contributed by atoms with Crippen molar-refractivity contribution in [2.75, 3.05) is 0 Å². The molecule has 94 valence electrons. The van der Waals surface area contributed by atoms with Crippen LogP contribution in [-0.2, 0) is 18.6 Å². The zero-order valence-corrected chi connectivity index (χ0v) is 10.5. The van der Waals surface area contributed by atoms with E-state index in [2.05, 4.69) is 0 Å². The van der Waals surface area contributed by atoms with Gasteiger partial charge in [0.1, 0.15) is 0 Å². The first-order valence-electron chi connectivity index (χ1n) is 6.09. The van der Waals surface area contributed by atoms with E-state index < -0.39 is 5.60 Å². The monoisotopic (exact) mass is 242 g/mol. The van der Waals surface area contributed by atoms with E-state index in [0.29, 0.717) is 6.42 Å². The summed E-state index contributed by atoms with van der Waals surface area (Å²) in [6, 6.07) is 17.3. The van der Waals surface area contributed by atoms with E-state index in [1.807, 2.05) is 54.6 Å². The molecule has 0 radical (unpaired) electrons. The van der Waals surface area contributed by atoms with Crippen LogP contribution in [0.3, 0.4) is 0 Å². The van der Waals surface area contributed by atoms with E-state index in [1.54, 1.807) is 6.92 Å². The van der Waals surface area contributed by atoms with Gasteiger partial charge in [0, 0.05) is 6.42 Å². The molecular formula is C16H18O2. The largest absolute Gasteiger partial charge is 0.392 e. The molecular weight excluding hydrogens is 224 g/mol. The van der Waals surface area contributed by atoms with Crippen LogP contribution in [0.2, 0.25) is 0 Å². The van der Waals surface area contributed by atoms with Crippen molar-refractivity contribution in [3.63, 3.8) is 0 Å². The Hall–Kier alpha value is -1.64. The smallest absolute Gasteiger partial charge is 0.0908 e. The molecule has 0 aliphatic heterocycles. The molecule has 0 saturated heterocycles. The number of benzene rings is 2. The Kier molecular flexibility index (Phi) is 3.80. The molecule has 0 bridgehead atoms. The summed E-state index contributed by atoms with van der Waals surface area (Å²) in [5, 5.41) is 19.9. The molecule has 2 N–H and O–H groups in total. The van der Waals surface area contributed by atoms with Crippen LogP contribution in [0, 0.1) is 0 Å². The third-order valence-corrected chi connectivity index (χ3v) is 3.22. The van der Waals surface area contributed by atoms with Crippen molar-refractivity contribution in [2.24, 2.45) is 0 Å². The van der Waals surface area contributed by atoms with E-state index in [-0.39, 0.29) is 6.61 Å². The molecule has 2 aromatic rings. The molecule has 0 amide bonds. The minimum atomic E-state index is -0.924. The topological polar surface area (TPSA) is 40.5 Å². The van der Waals surface area contributed by atoms with Crippen LogP contribution in [0.4, 0.5) is 0 Å². The van der Waals surface area contributed by atoms with Gasteiger partial charge in [-0.2, -0.15) is 0 Å². The van der Waals surface area contributed by atoms with Crippen molar-refractivity contribution < 1.29 is 10.2 Å². The van der Waals surface area contributed by atoms with Gasteiger partial charge in [-0.25, -0.2) is 0 Å². The van der Waals surface area contributed by atoms with Crippen molar-refractivity contribution in [2.45, 2.75) is 25.6 Å². The lowest BCUT2D eigenvalue weighted by Gasteiger charge is -2.25. The van der Waals surface area contributed by atoms with Crippen LogP contribution in [0.25, 0.3) is 0 Å². The second kappa shape index (κ2) is 5.34. The third-order valence-electron chi connectivity index (χ3n) is 3.22. The van der Waals surface area contributed by atoms with E-state index in [1.165, 1.54) is 0 Å². The summed E-state index contributed by atoms with van der Waals surface area (Å²) in [6.45, 7) is 1.80. The average Bonchev–Trinajstić information content (AvgIpc) is 2.40. The van der Waals surface area contributed by atoms with Gasteiger partial charge >= 0.3 is 0 Å². The molecule has 18 heavy (non-hydrogen) atoms. The Labute approximate surface area is 108 Å². The van der Waals surface area contributed by atoms with Crippen molar-refractivity contribution in [3.8, 4) is 0 Å². The third kappa shape index (κ3) is 2.78. The maximum atomic E-state index is 10.6. The lowest BCUT2D eigenvalue weighted by molar-refractivity contribution is 0.0571. The van der Waals surface area contributed by atoms with Crippen molar-refractivity contribution in [3.05, 3.63) is 71.3 Å². The SMILES string of the molecule is CC(O)(Cc1ccccc1CO)c1ccccc1. The van der Waals surface area contributed by atoms with Crippen LogP contribution < -0.4 is 0 Å². The van der Waals surface area contributed by atoms with E-state index in [9.17, 15) is 10.2 Å². The fourth-order valence-electron chi connectivity index (χ4n) is 2.15. The van der Waals surface area contributed by atoms with Gasteiger partial charge in [-0.05, 0) is 23.6 Å². The standard InChI is InChI=1S/C16H18O2/c1-16(18,15-9-3-2-4-10-15)11-13-7-5-6-8-14(13)12-17/h2-10,17-18H,11-12H2,1H3. The van der Waals surface area contributed by atoms with Crippen LogP contribution in [0.5, 0.6) is 0 Å². The molecule has 1 unspecified atom stereocenters. The normalized spacial score (nSPS) is 14.2. The molecule has 2 aromatic carbocycles. The molecule has 1 atom stereocenters. The Morgan fingerprint density at radius 3 is 2.06 bits per heavy atom. The van der Waals surface area contributed by atoms with Crippen LogP contribution in [-0.4, -0.2) is 10.2 Å². The molecule has 2 rings (SSSR count). The number of aliphatic hydroxyl groups is 2. The zero-order chi connectivity index (χ0) is 13.0. The first kappa shape index (κ1) is 12.8. The van der Waals surface area contributed by atoms with Crippen molar-refractivity contribution >= 4 is 0 Å². The van der Waals surface area contributed by atoms with Crippen LogP contribution in [0.1, 0.15) is 23.6 Å². The Bertz CT molecular complexity index is 504. The predicted molar refractivity (Wildman–Crippen MR) is 72.1 cm³/mol. The number of aliphatic hydroxyl groups excluding tert-OH is 1. The maximum Gasteiger partial charge on any atom is 0.0908 e. The number of rotatable bonds is 4. The van der Waals surface area contributed by atoms with Crippen LogP contribution >= 0.6 is 0 Å². The van der Waals surface area contributed by atoms with Crippen molar-refractivity contribution in [1.29, 1.82) is 0 Å². The first-order chi connectivity index (χ1) is 8.63. The fraction of sp³-hybridized carbons (Fsp3) is 0.250. The Morgan fingerprint density at radius 1 is 0.889 bits per heavy atom. The van der Waals surface area contributed by atoms with Gasteiger partial charge in [0.25, 0.3) is 0 Å². The summed E-state index contributed by atoms with van der Waals surface area (Å²) in [7, 11) is 0. The molecule has 0 aliphatic rings. The summed E-state index contributed by atoms with van der Waals surface area (Å²) in [4.78, 5) is 0. The molecule has 2 nitrogen and oxygen atoms in total. The van der Waals surface area contributed by atoms with Gasteiger partial charge in [-0.15, -0.1) is 0 Å². The summed E-state index contributed by atoms with van der Waals surface area (Å²) in [5.74, 6) is 0. The average molecular weight is 242 g/mol. The maximum absolute atomic E-state index is 10.6. The molecule has 0 fully saturated rings. The van der Waals surface area contributed by atoms with Gasteiger partial charge in [-0.3, -0.25) is 0 Å². The van der Waals surface area contributed by atoms with Gasteiger partial charge in [-0.1, -0.05) is 54.6 Å². The molecule has 2 heteroatoms. The first-order valence-corrected chi connectivity index (χ1v) is 6.09. The molecule has 0 spiro atoms. The molecule has 0 saturated carbocycles. The van der Waals surface area contributed by atoms with Crippen molar-refractivity contribution in [1.82, 2.24) is 0 Å². The highest BCUT2D eigenvalue weighted by atomic mass is 16.3. The van der Waals surface area contributed by atoms with Gasteiger partial charge in [0.2, 0.25) is 0 Å². The summed E-state index contributed by atoms with van der Waals surface area (Å²) in [6.07, 6.45) is 0.494.